The Morgan fingerprint density at radius 1 is 1.40 bits per heavy atom. The number of hydrogen-bond donors (Lipinski definition) is 3. The Labute approximate surface area is 130 Å². The predicted octanol–water partition coefficient (Wildman–Crippen LogP) is 2.55. The second-order valence-electron chi connectivity index (χ2n) is 5.06. The fourth-order valence-corrected chi connectivity index (χ4v) is 1.96. The number of anilines is 1. The van der Waals surface area contributed by atoms with Crippen LogP contribution in [0.2, 0.25) is 5.02 Å². The highest BCUT2D eigenvalue weighted by molar-refractivity contribution is 7.80. The fourth-order valence-electron chi connectivity index (χ4n) is 1.61. The Balaban J connectivity index is 2.79. The third-order valence-corrected chi connectivity index (χ3v) is 3.15. The maximum absolute atomic E-state index is 11.9. The quantitative estimate of drug-likeness (QED) is 0.706. The van der Waals surface area contributed by atoms with Crippen molar-refractivity contribution < 1.29 is 4.79 Å². The largest absolute Gasteiger partial charge is 0.389 e. The first-order chi connectivity index (χ1) is 9.31. The average Bonchev–Trinajstić information content (AvgIpc) is 2.35. The fraction of sp³-hybridized carbons (Fsp3) is 0.429. The van der Waals surface area contributed by atoms with Crippen LogP contribution in [-0.2, 0) is 4.79 Å². The van der Waals surface area contributed by atoms with Gasteiger partial charge >= 0.3 is 0 Å². The van der Waals surface area contributed by atoms with Crippen LogP contribution in [0.1, 0.15) is 26.3 Å². The van der Waals surface area contributed by atoms with Gasteiger partial charge in [0.2, 0.25) is 5.91 Å². The van der Waals surface area contributed by atoms with Crippen LogP contribution in [0.15, 0.2) is 18.2 Å². The Morgan fingerprint density at radius 3 is 2.60 bits per heavy atom. The lowest BCUT2D eigenvalue weighted by molar-refractivity contribution is -0.121. The summed E-state index contributed by atoms with van der Waals surface area (Å²) in [5.41, 5.74) is 7.00. The molecule has 1 atom stereocenters. The van der Waals surface area contributed by atoms with E-state index < -0.39 is 6.04 Å². The van der Waals surface area contributed by atoms with E-state index in [1.807, 2.05) is 13.8 Å². The zero-order valence-corrected chi connectivity index (χ0v) is 13.4. The summed E-state index contributed by atoms with van der Waals surface area (Å²) in [5.74, 6) is 0.331. The minimum atomic E-state index is -0.402. The van der Waals surface area contributed by atoms with Crippen LogP contribution in [0.3, 0.4) is 0 Å². The Hall–Kier alpha value is -1.33. The number of rotatable bonds is 6. The maximum atomic E-state index is 11.9. The number of nitrogens with two attached hydrogens (primary N) is 1. The molecule has 110 valence electrons. The molecular formula is C14H20ClN3OS. The van der Waals surface area contributed by atoms with Gasteiger partial charge < -0.3 is 16.4 Å². The van der Waals surface area contributed by atoms with Crippen molar-refractivity contribution in [2.45, 2.75) is 26.8 Å². The molecular weight excluding hydrogens is 294 g/mol. The van der Waals surface area contributed by atoms with Crippen molar-refractivity contribution in [1.29, 1.82) is 0 Å². The van der Waals surface area contributed by atoms with Crippen molar-refractivity contribution in [3.05, 3.63) is 28.8 Å². The number of benzene rings is 1. The van der Waals surface area contributed by atoms with Crippen molar-refractivity contribution in [2.24, 2.45) is 11.7 Å². The summed E-state index contributed by atoms with van der Waals surface area (Å²) in [5, 5.41) is 6.52. The number of carbonyl (C=O) groups is 1. The first-order valence-electron chi connectivity index (χ1n) is 6.45. The van der Waals surface area contributed by atoms with Gasteiger partial charge in [0.25, 0.3) is 0 Å². The van der Waals surface area contributed by atoms with Crippen molar-refractivity contribution in [3.8, 4) is 0 Å². The summed E-state index contributed by atoms with van der Waals surface area (Å²) in [7, 11) is 0. The van der Waals surface area contributed by atoms with Crippen molar-refractivity contribution >= 4 is 40.4 Å². The van der Waals surface area contributed by atoms with E-state index in [1.54, 1.807) is 25.1 Å². The van der Waals surface area contributed by atoms with E-state index in [9.17, 15) is 4.79 Å². The molecule has 0 aliphatic heterocycles. The van der Waals surface area contributed by atoms with Gasteiger partial charge in [-0.3, -0.25) is 4.79 Å². The number of halogens is 1. The van der Waals surface area contributed by atoms with Crippen LogP contribution in [0.4, 0.5) is 5.69 Å². The molecule has 0 saturated carbocycles. The third kappa shape index (κ3) is 4.98. The molecule has 0 aliphatic rings. The lowest BCUT2D eigenvalue weighted by atomic mass is 10.1. The summed E-state index contributed by atoms with van der Waals surface area (Å²) in [4.78, 5) is 12.2. The van der Waals surface area contributed by atoms with Gasteiger partial charge in [0, 0.05) is 22.8 Å². The maximum Gasteiger partial charge on any atom is 0.242 e. The minimum absolute atomic E-state index is 0.0763. The third-order valence-electron chi connectivity index (χ3n) is 2.70. The molecule has 20 heavy (non-hydrogen) atoms. The standard InChI is InChI=1S/C14H20ClN3OS/c1-8(2)7-17-14(19)9(3)18-12-6-10(15)4-5-11(12)13(16)20/h4-6,8-9,18H,7H2,1-3H3,(H2,16,20)(H,17,19). The van der Waals surface area contributed by atoms with E-state index >= 15 is 0 Å². The number of nitrogens with one attached hydrogen (secondary N) is 2. The van der Waals surface area contributed by atoms with Gasteiger partial charge in [0.1, 0.15) is 11.0 Å². The van der Waals surface area contributed by atoms with Gasteiger partial charge in [0.15, 0.2) is 0 Å². The molecule has 0 radical (unpaired) electrons. The number of hydrogen-bond acceptors (Lipinski definition) is 3. The molecule has 4 N–H and O–H groups in total. The van der Waals surface area contributed by atoms with Crippen LogP contribution >= 0.6 is 23.8 Å². The number of thiocarbonyl (C=S) groups is 1. The molecule has 0 fully saturated rings. The van der Waals surface area contributed by atoms with Crippen LogP contribution in [0.25, 0.3) is 0 Å². The molecule has 1 amide bonds. The summed E-state index contributed by atoms with van der Waals surface area (Å²) in [6, 6.07) is 4.76. The Kier molecular flexibility index (Phi) is 6.23. The monoisotopic (exact) mass is 313 g/mol. The van der Waals surface area contributed by atoms with Gasteiger partial charge in [-0.05, 0) is 31.0 Å². The van der Waals surface area contributed by atoms with Crippen LogP contribution in [0, 0.1) is 5.92 Å². The highest BCUT2D eigenvalue weighted by Crippen LogP contribution is 2.21. The highest BCUT2D eigenvalue weighted by Gasteiger charge is 2.15. The van der Waals surface area contributed by atoms with Gasteiger partial charge in [-0.25, -0.2) is 0 Å². The Bertz CT molecular complexity index is 505. The molecule has 1 aromatic carbocycles. The van der Waals surface area contributed by atoms with Crippen molar-refractivity contribution in [3.63, 3.8) is 0 Å². The number of carbonyl (C=O) groups excluding carboxylic acids is 1. The topological polar surface area (TPSA) is 67.2 Å². The van der Waals surface area contributed by atoms with Crippen molar-refractivity contribution in [2.75, 3.05) is 11.9 Å². The van der Waals surface area contributed by atoms with E-state index in [4.69, 9.17) is 29.6 Å². The van der Waals surface area contributed by atoms with Crippen LogP contribution in [-0.4, -0.2) is 23.5 Å². The molecule has 0 bridgehead atoms. The first kappa shape index (κ1) is 16.7. The lowest BCUT2D eigenvalue weighted by Crippen LogP contribution is -2.39. The molecule has 1 rings (SSSR count). The van der Waals surface area contributed by atoms with E-state index in [0.717, 1.165) is 0 Å². The zero-order valence-electron chi connectivity index (χ0n) is 11.9. The summed E-state index contributed by atoms with van der Waals surface area (Å²) in [6.45, 7) is 6.50. The molecule has 0 aliphatic carbocycles. The molecule has 0 saturated heterocycles. The second kappa shape index (κ2) is 7.45. The zero-order chi connectivity index (χ0) is 15.3. The van der Waals surface area contributed by atoms with Gasteiger partial charge in [-0.15, -0.1) is 0 Å². The molecule has 0 heterocycles. The summed E-state index contributed by atoms with van der Waals surface area (Å²) in [6.07, 6.45) is 0. The summed E-state index contributed by atoms with van der Waals surface area (Å²) >= 11 is 11.0. The first-order valence-corrected chi connectivity index (χ1v) is 7.23. The molecule has 1 unspecified atom stereocenters. The van der Waals surface area contributed by atoms with E-state index in [-0.39, 0.29) is 10.9 Å². The van der Waals surface area contributed by atoms with Gasteiger partial charge in [-0.1, -0.05) is 37.7 Å². The lowest BCUT2D eigenvalue weighted by Gasteiger charge is -2.18. The molecule has 4 nitrogen and oxygen atoms in total. The van der Waals surface area contributed by atoms with Crippen molar-refractivity contribution in [1.82, 2.24) is 5.32 Å². The van der Waals surface area contributed by atoms with Gasteiger partial charge in [-0.2, -0.15) is 0 Å². The SMILES string of the molecule is CC(C)CNC(=O)C(C)Nc1cc(Cl)ccc1C(N)=S. The van der Waals surface area contributed by atoms with Gasteiger partial charge in [0.05, 0.1) is 0 Å². The minimum Gasteiger partial charge on any atom is -0.389 e. The molecule has 0 aromatic heterocycles. The van der Waals surface area contributed by atoms with Crippen LogP contribution < -0.4 is 16.4 Å². The normalized spacial score (nSPS) is 12.1. The highest BCUT2D eigenvalue weighted by atomic mass is 35.5. The van der Waals surface area contributed by atoms with Crippen LogP contribution in [0.5, 0.6) is 0 Å². The average molecular weight is 314 g/mol. The molecule has 1 aromatic rings. The smallest absolute Gasteiger partial charge is 0.242 e. The molecule has 6 heteroatoms. The molecule has 0 spiro atoms. The van der Waals surface area contributed by atoms with E-state index in [1.165, 1.54) is 0 Å². The van der Waals surface area contributed by atoms with E-state index in [2.05, 4.69) is 10.6 Å². The second-order valence-corrected chi connectivity index (χ2v) is 5.94. The predicted molar refractivity (Wildman–Crippen MR) is 88.3 cm³/mol. The number of amides is 1. The Morgan fingerprint density at radius 2 is 2.05 bits per heavy atom. The summed E-state index contributed by atoms with van der Waals surface area (Å²) < 4.78 is 0. The van der Waals surface area contributed by atoms with E-state index in [0.29, 0.717) is 28.7 Å².